The molecule has 2 aromatic rings. The second-order valence-corrected chi connectivity index (χ2v) is 12.1. The predicted molar refractivity (Wildman–Crippen MR) is 171 cm³/mol. The third kappa shape index (κ3) is 8.02. The Balaban J connectivity index is 1.12. The van der Waals surface area contributed by atoms with Crippen LogP contribution in [0.15, 0.2) is 58.5 Å². The van der Waals surface area contributed by atoms with Crippen LogP contribution in [0.4, 0.5) is 11.4 Å². The average molecular weight is 543 g/mol. The van der Waals surface area contributed by atoms with Gasteiger partial charge in [-0.25, -0.2) is 0 Å². The van der Waals surface area contributed by atoms with Crippen LogP contribution in [0.2, 0.25) is 0 Å². The molecule has 6 heteroatoms. The summed E-state index contributed by atoms with van der Waals surface area (Å²) in [5, 5.41) is 0. The minimum Gasteiger partial charge on any atom is -0.383 e. The van der Waals surface area contributed by atoms with Crippen molar-refractivity contribution in [2.24, 2.45) is 21.5 Å². The number of amidine groups is 2. The predicted octanol–water partition coefficient (Wildman–Crippen LogP) is 6.65. The molecule has 5 rings (SSSR count). The lowest BCUT2D eigenvalue weighted by Gasteiger charge is -2.37. The summed E-state index contributed by atoms with van der Waals surface area (Å²) in [5.41, 5.74) is 17.5. The molecule has 0 bridgehead atoms. The van der Waals surface area contributed by atoms with Gasteiger partial charge in [0, 0.05) is 48.7 Å². The average Bonchev–Trinajstić information content (AvgIpc) is 2.96. The van der Waals surface area contributed by atoms with E-state index in [1.807, 2.05) is 0 Å². The van der Waals surface area contributed by atoms with Gasteiger partial charge in [0.1, 0.15) is 11.7 Å². The molecule has 1 heterocycles. The molecule has 1 saturated heterocycles. The smallest absolute Gasteiger partial charge is 0.125 e. The molecule has 0 unspecified atom stereocenters. The molecule has 0 spiro atoms. The summed E-state index contributed by atoms with van der Waals surface area (Å²) in [4.78, 5) is 14.7. The highest BCUT2D eigenvalue weighted by atomic mass is 15.3. The first-order valence-electron chi connectivity index (χ1n) is 16.0. The van der Waals surface area contributed by atoms with Crippen LogP contribution < -0.4 is 21.3 Å². The number of piperazine rings is 1. The Labute approximate surface area is 241 Å². The Morgan fingerprint density at radius 2 is 0.775 bits per heavy atom. The number of hydrogen-bond acceptors (Lipinski definition) is 4. The van der Waals surface area contributed by atoms with E-state index >= 15 is 0 Å². The van der Waals surface area contributed by atoms with Crippen LogP contribution in [-0.2, 0) is 0 Å². The van der Waals surface area contributed by atoms with Gasteiger partial charge in [0.05, 0.1) is 12.1 Å². The molecule has 3 fully saturated rings. The van der Waals surface area contributed by atoms with E-state index in [-0.39, 0.29) is 0 Å². The molecule has 6 nitrogen and oxygen atoms in total. The Morgan fingerprint density at radius 3 is 1.10 bits per heavy atom. The summed E-state index contributed by atoms with van der Waals surface area (Å²) >= 11 is 0. The van der Waals surface area contributed by atoms with Gasteiger partial charge in [0.2, 0.25) is 0 Å². The summed E-state index contributed by atoms with van der Waals surface area (Å²) < 4.78 is 0. The molecule has 2 saturated carbocycles. The largest absolute Gasteiger partial charge is 0.383 e. The highest BCUT2D eigenvalue weighted by Crippen LogP contribution is 2.24. The maximum atomic E-state index is 6.43. The molecule has 216 valence electrons. The van der Waals surface area contributed by atoms with Crippen LogP contribution in [0.25, 0.3) is 0 Å². The van der Waals surface area contributed by atoms with Gasteiger partial charge in [0.25, 0.3) is 0 Å². The standard InChI is InChI=1S/C34H50N6/c35-33(37-29-11-7-3-1-4-8-12-29)27-15-19-31(20-16-27)39-23-25-40(26-24-39)32-21-17-28(18-22-32)34(36)38-30-13-9-5-2-6-10-14-30/h15-22,29-30H,1-14,23-26H2,(H2,35,37)(H2,36,38). The third-order valence-electron chi connectivity index (χ3n) is 9.13. The van der Waals surface area contributed by atoms with E-state index in [1.165, 1.54) is 101 Å². The monoisotopic (exact) mass is 542 g/mol. The number of aliphatic imine (C=N–C) groups is 2. The lowest BCUT2D eigenvalue weighted by atomic mass is 9.97. The summed E-state index contributed by atoms with van der Waals surface area (Å²) in [5.74, 6) is 1.39. The molecule has 40 heavy (non-hydrogen) atoms. The fourth-order valence-corrected chi connectivity index (χ4v) is 6.58. The SMILES string of the molecule is NC(=NC1CCCCCCC1)c1ccc(N2CCN(c3ccc(C(N)=NC4CCCCCCC4)cc3)CC2)cc1. The highest BCUT2D eigenvalue weighted by Gasteiger charge is 2.19. The summed E-state index contributed by atoms with van der Waals surface area (Å²) in [6.07, 6.45) is 17.9. The zero-order chi connectivity index (χ0) is 27.6. The van der Waals surface area contributed by atoms with Crippen molar-refractivity contribution in [3.63, 3.8) is 0 Å². The molecule has 4 N–H and O–H groups in total. The molecule has 2 aromatic carbocycles. The fraction of sp³-hybridized carbons (Fsp3) is 0.588. The van der Waals surface area contributed by atoms with Crippen molar-refractivity contribution in [2.45, 2.75) is 102 Å². The van der Waals surface area contributed by atoms with E-state index in [0.717, 1.165) is 37.3 Å². The van der Waals surface area contributed by atoms with E-state index in [4.69, 9.17) is 21.5 Å². The first-order chi connectivity index (χ1) is 19.7. The fourth-order valence-electron chi connectivity index (χ4n) is 6.58. The Hall–Kier alpha value is -3.02. The van der Waals surface area contributed by atoms with E-state index in [0.29, 0.717) is 23.8 Å². The summed E-state index contributed by atoms with van der Waals surface area (Å²) in [7, 11) is 0. The molecule has 0 atom stereocenters. The molecule has 0 amide bonds. The maximum absolute atomic E-state index is 6.43. The number of hydrogen-bond donors (Lipinski definition) is 2. The molecule has 0 radical (unpaired) electrons. The van der Waals surface area contributed by atoms with E-state index < -0.39 is 0 Å². The second kappa shape index (κ2) is 14.6. The Bertz CT molecular complexity index is 993. The van der Waals surface area contributed by atoms with Crippen LogP contribution in [0.5, 0.6) is 0 Å². The van der Waals surface area contributed by atoms with Crippen LogP contribution in [0.1, 0.15) is 101 Å². The van der Waals surface area contributed by atoms with Gasteiger partial charge >= 0.3 is 0 Å². The first-order valence-corrected chi connectivity index (χ1v) is 16.0. The minimum atomic E-state index is 0.386. The minimum absolute atomic E-state index is 0.386. The highest BCUT2D eigenvalue weighted by molar-refractivity contribution is 5.98. The van der Waals surface area contributed by atoms with Crippen molar-refractivity contribution in [3.05, 3.63) is 59.7 Å². The molecular formula is C34H50N6. The quantitative estimate of drug-likeness (QED) is 0.316. The number of benzene rings is 2. The van der Waals surface area contributed by atoms with Crippen LogP contribution in [0, 0.1) is 0 Å². The Morgan fingerprint density at radius 1 is 0.475 bits per heavy atom. The zero-order valence-corrected chi connectivity index (χ0v) is 24.4. The second-order valence-electron chi connectivity index (χ2n) is 12.1. The van der Waals surface area contributed by atoms with Crippen molar-refractivity contribution in [1.82, 2.24) is 0 Å². The third-order valence-corrected chi connectivity index (χ3v) is 9.13. The molecule has 0 aromatic heterocycles. The van der Waals surface area contributed by atoms with Gasteiger partial charge in [-0.2, -0.15) is 0 Å². The van der Waals surface area contributed by atoms with Crippen molar-refractivity contribution < 1.29 is 0 Å². The molecule has 3 aliphatic rings. The van der Waals surface area contributed by atoms with Crippen molar-refractivity contribution in [3.8, 4) is 0 Å². The van der Waals surface area contributed by atoms with Gasteiger partial charge in [-0.1, -0.05) is 64.2 Å². The van der Waals surface area contributed by atoms with Gasteiger partial charge in [0.15, 0.2) is 0 Å². The Kier molecular flexibility index (Phi) is 10.4. The summed E-state index contributed by atoms with van der Waals surface area (Å²) in [6, 6.07) is 18.2. The van der Waals surface area contributed by atoms with E-state index in [2.05, 4.69) is 58.3 Å². The van der Waals surface area contributed by atoms with Crippen molar-refractivity contribution >= 4 is 23.0 Å². The van der Waals surface area contributed by atoms with Gasteiger partial charge < -0.3 is 21.3 Å². The first kappa shape index (κ1) is 28.5. The molecule has 1 aliphatic heterocycles. The molecule has 2 aliphatic carbocycles. The molecular weight excluding hydrogens is 492 g/mol. The maximum Gasteiger partial charge on any atom is 0.125 e. The lowest BCUT2D eigenvalue weighted by molar-refractivity contribution is 0.455. The van der Waals surface area contributed by atoms with Gasteiger partial charge in [-0.3, -0.25) is 9.98 Å². The lowest BCUT2D eigenvalue weighted by Crippen LogP contribution is -2.46. The number of nitrogens with zero attached hydrogens (tertiary/aromatic N) is 4. The summed E-state index contributed by atoms with van der Waals surface area (Å²) in [6.45, 7) is 3.99. The number of rotatable bonds is 6. The van der Waals surface area contributed by atoms with E-state index in [1.54, 1.807) is 0 Å². The number of nitrogens with two attached hydrogens (primary N) is 2. The topological polar surface area (TPSA) is 83.2 Å². The van der Waals surface area contributed by atoms with Gasteiger partial charge in [-0.15, -0.1) is 0 Å². The van der Waals surface area contributed by atoms with E-state index in [9.17, 15) is 0 Å². The number of anilines is 2. The van der Waals surface area contributed by atoms with Crippen molar-refractivity contribution in [1.29, 1.82) is 0 Å². The van der Waals surface area contributed by atoms with Gasteiger partial charge in [-0.05, 0) is 74.2 Å². The van der Waals surface area contributed by atoms with Crippen molar-refractivity contribution in [2.75, 3.05) is 36.0 Å². The van der Waals surface area contributed by atoms with Crippen LogP contribution in [-0.4, -0.2) is 49.9 Å². The van der Waals surface area contributed by atoms with Crippen LogP contribution >= 0.6 is 0 Å². The van der Waals surface area contributed by atoms with Crippen LogP contribution in [0.3, 0.4) is 0 Å². The normalized spacial score (nSPS) is 21.4. The zero-order valence-electron chi connectivity index (χ0n) is 24.4.